The number of hydrogen-bond acceptors (Lipinski definition) is 5. The molecule has 1 atom stereocenters. The van der Waals surface area contributed by atoms with Gasteiger partial charge in [0.1, 0.15) is 5.69 Å². The Kier molecular flexibility index (Phi) is 5.24. The van der Waals surface area contributed by atoms with Gasteiger partial charge >= 0.3 is 0 Å². The quantitative estimate of drug-likeness (QED) is 0.841. The van der Waals surface area contributed by atoms with Crippen LogP contribution in [0.3, 0.4) is 0 Å². The summed E-state index contributed by atoms with van der Waals surface area (Å²) < 4.78 is 5.33. The second-order valence-electron chi connectivity index (χ2n) is 4.94. The Morgan fingerprint density at radius 2 is 2.20 bits per heavy atom. The highest BCUT2D eigenvalue weighted by Crippen LogP contribution is 2.18. The van der Waals surface area contributed by atoms with Crippen molar-refractivity contribution in [1.29, 1.82) is 0 Å². The summed E-state index contributed by atoms with van der Waals surface area (Å²) in [5, 5.41) is 7.46. The van der Waals surface area contributed by atoms with Crippen LogP contribution in [-0.2, 0) is 12.8 Å². The van der Waals surface area contributed by atoms with E-state index in [-0.39, 0.29) is 0 Å². The van der Waals surface area contributed by atoms with Gasteiger partial charge in [-0.15, -0.1) is 0 Å². The molecule has 0 saturated heterocycles. The fourth-order valence-electron chi connectivity index (χ4n) is 2.08. The zero-order valence-electron chi connectivity index (χ0n) is 12.4. The number of aromatic nitrogens is 3. The van der Waals surface area contributed by atoms with Gasteiger partial charge in [-0.05, 0) is 37.9 Å². The van der Waals surface area contributed by atoms with E-state index in [0.29, 0.717) is 17.8 Å². The molecule has 0 radical (unpaired) electrons. The molecular formula is C15H22N4O. The minimum atomic E-state index is 0.331. The standard InChI is InChI=1S/C15H22N4O/c1-4-8-16-11(3)10-13-18-15(19-20-13)14-12(5-2)7-6-9-17-14/h6-7,9,11,16H,4-5,8,10H2,1-3H3. The van der Waals surface area contributed by atoms with Crippen LogP contribution in [0.5, 0.6) is 0 Å². The molecule has 0 aliphatic rings. The molecule has 2 aromatic rings. The Hall–Kier alpha value is -1.75. The van der Waals surface area contributed by atoms with Crippen LogP contribution in [0.15, 0.2) is 22.9 Å². The summed E-state index contributed by atoms with van der Waals surface area (Å²) in [6, 6.07) is 4.31. The molecule has 108 valence electrons. The maximum absolute atomic E-state index is 5.33. The normalized spacial score (nSPS) is 12.6. The van der Waals surface area contributed by atoms with Crippen molar-refractivity contribution in [3.05, 3.63) is 29.8 Å². The molecule has 1 N–H and O–H groups in total. The highest BCUT2D eigenvalue weighted by atomic mass is 16.5. The minimum Gasteiger partial charge on any atom is -0.339 e. The average molecular weight is 274 g/mol. The lowest BCUT2D eigenvalue weighted by Crippen LogP contribution is -2.28. The van der Waals surface area contributed by atoms with Crippen LogP contribution in [0, 0.1) is 0 Å². The van der Waals surface area contributed by atoms with E-state index in [2.05, 4.69) is 41.2 Å². The van der Waals surface area contributed by atoms with Gasteiger partial charge in [-0.1, -0.05) is 25.1 Å². The first-order valence-electron chi connectivity index (χ1n) is 7.24. The summed E-state index contributed by atoms with van der Waals surface area (Å²) in [6.45, 7) is 7.37. The van der Waals surface area contributed by atoms with Gasteiger partial charge in [0.05, 0.1) is 0 Å². The predicted octanol–water partition coefficient (Wildman–Crippen LogP) is 2.62. The topological polar surface area (TPSA) is 63.8 Å². The van der Waals surface area contributed by atoms with Crippen LogP contribution in [0.4, 0.5) is 0 Å². The Bertz CT molecular complexity index is 538. The van der Waals surface area contributed by atoms with Crippen molar-refractivity contribution in [2.24, 2.45) is 0 Å². The van der Waals surface area contributed by atoms with E-state index in [1.807, 2.05) is 12.1 Å². The molecule has 0 aliphatic heterocycles. The third-order valence-electron chi connectivity index (χ3n) is 3.18. The number of rotatable bonds is 7. The number of nitrogens with one attached hydrogen (secondary N) is 1. The summed E-state index contributed by atoms with van der Waals surface area (Å²) in [6.07, 6.45) is 4.52. The Balaban J connectivity index is 2.08. The lowest BCUT2D eigenvalue weighted by molar-refractivity contribution is 0.361. The van der Waals surface area contributed by atoms with Crippen LogP contribution in [-0.4, -0.2) is 27.7 Å². The van der Waals surface area contributed by atoms with E-state index in [1.54, 1.807) is 6.20 Å². The van der Waals surface area contributed by atoms with E-state index in [0.717, 1.165) is 37.1 Å². The van der Waals surface area contributed by atoms with Crippen molar-refractivity contribution in [1.82, 2.24) is 20.4 Å². The van der Waals surface area contributed by atoms with Gasteiger partial charge in [0.2, 0.25) is 11.7 Å². The first-order chi connectivity index (χ1) is 9.74. The molecule has 5 heteroatoms. The van der Waals surface area contributed by atoms with E-state index < -0.39 is 0 Å². The summed E-state index contributed by atoms with van der Waals surface area (Å²) >= 11 is 0. The number of aryl methyl sites for hydroxylation is 1. The fourth-order valence-corrected chi connectivity index (χ4v) is 2.08. The Morgan fingerprint density at radius 1 is 1.35 bits per heavy atom. The van der Waals surface area contributed by atoms with Gasteiger partial charge in [-0.3, -0.25) is 4.98 Å². The minimum absolute atomic E-state index is 0.331. The Labute approximate surface area is 119 Å². The summed E-state index contributed by atoms with van der Waals surface area (Å²) in [5.41, 5.74) is 1.95. The third kappa shape index (κ3) is 3.63. The van der Waals surface area contributed by atoms with E-state index in [4.69, 9.17) is 4.52 Å². The predicted molar refractivity (Wildman–Crippen MR) is 78.4 cm³/mol. The summed E-state index contributed by atoms with van der Waals surface area (Å²) in [5.74, 6) is 1.24. The van der Waals surface area contributed by atoms with Crippen molar-refractivity contribution < 1.29 is 4.52 Å². The molecule has 0 aliphatic carbocycles. The van der Waals surface area contributed by atoms with E-state index in [9.17, 15) is 0 Å². The first-order valence-corrected chi connectivity index (χ1v) is 7.24. The zero-order valence-corrected chi connectivity index (χ0v) is 12.4. The molecule has 0 fully saturated rings. The largest absolute Gasteiger partial charge is 0.339 e. The highest BCUT2D eigenvalue weighted by molar-refractivity contribution is 5.53. The van der Waals surface area contributed by atoms with E-state index in [1.165, 1.54) is 0 Å². The molecule has 0 aromatic carbocycles. The molecule has 2 aromatic heterocycles. The molecule has 5 nitrogen and oxygen atoms in total. The number of nitrogens with zero attached hydrogens (tertiary/aromatic N) is 3. The average Bonchev–Trinajstić information content (AvgIpc) is 2.93. The monoisotopic (exact) mass is 274 g/mol. The van der Waals surface area contributed by atoms with Crippen LogP contribution in [0.25, 0.3) is 11.5 Å². The molecule has 0 spiro atoms. The van der Waals surface area contributed by atoms with Gasteiger partial charge < -0.3 is 9.84 Å². The molecule has 0 bridgehead atoms. The SMILES string of the molecule is CCCNC(C)Cc1nc(-c2ncccc2CC)no1. The third-order valence-corrected chi connectivity index (χ3v) is 3.18. The zero-order chi connectivity index (χ0) is 14.4. The van der Waals surface area contributed by atoms with Gasteiger partial charge in [-0.25, -0.2) is 0 Å². The van der Waals surface area contributed by atoms with Gasteiger partial charge in [0.25, 0.3) is 0 Å². The summed E-state index contributed by atoms with van der Waals surface area (Å²) in [7, 11) is 0. The van der Waals surface area contributed by atoms with Gasteiger partial charge in [-0.2, -0.15) is 4.98 Å². The Morgan fingerprint density at radius 3 is 2.95 bits per heavy atom. The fraction of sp³-hybridized carbons (Fsp3) is 0.533. The number of pyridine rings is 1. The van der Waals surface area contributed by atoms with Crippen molar-refractivity contribution >= 4 is 0 Å². The van der Waals surface area contributed by atoms with Crippen molar-refractivity contribution in [2.75, 3.05) is 6.54 Å². The highest BCUT2D eigenvalue weighted by Gasteiger charge is 2.14. The molecule has 20 heavy (non-hydrogen) atoms. The van der Waals surface area contributed by atoms with Gasteiger partial charge in [0.15, 0.2) is 0 Å². The van der Waals surface area contributed by atoms with Crippen molar-refractivity contribution in [2.45, 2.75) is 46.1 Å². The lowest BCUT2D eigenvalue weighted by Gasteiger charge is -2.09. The second-order valence-corrected chi connectivity index (χ2v) is 4.94. The van der Waals surface area contributed by atoms with Crippen LogP contribution in [0.1, 0.15) is 38.6 Å². The van der Waals surface area contributed by atoms with E-state index >= 15 is 0 Å². The van der Waals surface area contributed by atoms with Crippen molar-refractivity contribution in [3.8, 4) is 11.5 Å². The smallest absolute Gasteiger partial charge is 0.228 e. The molecule has 2 heterocycles. The van der Waals surface area contributed by atoms with Crippen molar-refractivity contribution in [3.63, 3.8) is 0 Å². The van der Waals surface area contributed by atoms with Crippen LogP contribution in [0.2, 0.25) is 0 Å². The van der Waals surface area contributed by atoms with Gasteiger partial charge in [0, 0.05) is 18.7 Å². The number of hydrogen-bond donors (Lipinski definition) is 1. The molecular weight excluding hydrogens is 252 g/mol. The second kappa shape index (κ2) is 7.14. The summed E-state index contributed by atoms with van der Waals surface area (Å²) in [4.78, 5) is 8.82. The molecule has 2 rings (SSSR count). The maximum atomic E-state index is 5.33. The maximum Gasteiger partial charge on any atom is 0.228 e. The lowest BCUT2D eigenvalue weighted by atomic mass is 10.1. The molecule has 0 saturated carbocycles. The van der Waals surface area contributed by atoms with Crippen LogP contribution >= 0.6 is 0 Å². The first kappa shape index (κ1) is 14.7. The molecule has 0 amide bonds. The molecule has 1 unspecified atom stereocenters. The van der Waals surface area contributed by atoms with Crippen LogP contribution < -0.4 is 5.32 Å².